The Morgan fingerprint density at radius 1 is 1.56 bits per heavy atom. The lowest BCUT2D eigenvalue weighted by Gasteiger charge is -2.14. The second-order valence-corrected chi connectivity index (χ2v) is 5.44. The Bertz CT molecular complexity index is 370. The lowest BCUT2D eigenvalue weighted by atomic mass is 10.2. The molecule has 0 atom stereocenters. The van der Waals surface area contributed by atoms with E-state index in [1.165, 1.54) is 0 Å². The van der Waals surface area contributed by atoms with Crippen LogP contribution in [0.5, 0.6) is 0 Å². The van der Waals surface area contributed by atoms with Gasteiger partial charge in [-0.3, -0.25) is 9.69 Å². The molecule has 6 heteroatoms. The normalized spacial score (nSPS) is 10.9. The van der Waals surface area contributed by atoms with Crippen molar-refractivity contribution in [3.05, 3.63) is 16.1 Å². The first-order chi connectivity index (χ1) is 8.65. The third kappa shape index (κ3) is 5.80. The minimum absolute atomic E-state index is 0.0594. The van der Waals surface area contributed by atoms with E-state index in [0.717, 1.165) is 36.5 Å². The fraction of sp³-hybridized carbons (Fsp3) is 0.667. The molecule has 0 unspecified atom stereocenters. The third-order valence-corrected chi connectivity index (χ3v) is 3.84. The second kappa shape index (κ2) is 8.45. The first-order valence-electron chi connectivity index (χ1n) is 6.04. The molecular formula is C12H20ClN3OS. The number of alkyl halides is 1. The van der Waals surface area contributed by atoms with Crippen molar-refractivity contribution in [3.63, 3.8) is 0 Å². The van der Waals surface area contributed by atoms with Crippen LogP contribution in [0, 0.1) is 0 Å². The van der Waals surface area contributed by atoms with Crippen molar-refractivity contribution in [2.45, 2.75) is 25.1 Å². The van der Waals surface area contributed by atoms with Gasteiger partial charge in [-0.05, 0) is 32.9 Å². The summed E-state index contributed by atoms with van der Waals surface area (Å²) < 4.78 is 0. The molecule has 1 heterocycles. The fourth-order valence-corrected chi connectivity index (χ4v) is 2.65. The molecule has 0 saturated carbocycles. The van der Waals surface area contributed by atoms with Crippen molar-refractivity contribution >= 4 is 28.8 Å². The Labute approximate surface area is 117 Å². The first-order valence-corrected chi connectivity index (χ1v) is 7.45. The summed E-state index contributed by atoms with van der Waals surface area (Å²) in [5.74, 6) is 0.551. The molecule has 0 aliphatic heterocycles. The lowest BCUT2D eigenvalue weighted by Crippen LogP contribution is -2.33. The molecule has 0 bridgehead atoms. The topological polar surface area (TPSA) is 45.2 Å². The number of aromatic nitrogens is 1. The summed E-state index contributed by atoms with van der Waals surface area (Å²) in [4.78, 5) is 17.6. The van der Waals surface area contributed by atoms with E-state index in [-0.39, 0.29) is 5.91 Å². The Morgan fingerprint density at radius 2 is 2.33 bits per heavy atom. The monoisotopic (exact) mass is 289 g/mol. The Balaban J connectivity index is 2.12. The summed E-state index contributed by atoms with van der Waals surface area (Å²) in [5.41, 5.74) is 0.966. The van der Waals surface area contributed by atoms with Gasteiger partial charge in [0.25, 0.3) is 0 Å². The van der Waals surface area contributed by atoms with E-state index >= 15 is 0 Å². The summed E-state index contributed by atoms with van der Waals surface area (Å²) in [6.07, 6.45) is 3.16. The maximum Gasteiger partial charge on any atom is 0.233 e. The zero-order valence-corrected chi connectivity index (χ0v) is 12.5. The van der Waals surface area contributed by atoms with Crippen LogP contribution in [0.4, 0.5) is 0 Å². The van der Waals surface area contributed by atoms with Gasteiger partial charge in [0.05, 0.1) is 23.1 Å². The average Bonchev–Trinajstić information content (AvgIpc) is 2.82. The van der Waals surface area contributed by atoms with Crippen molar-refractivity contribution in [1.82, 2.24) is 15.2 Å². The van der Waals surface area contributed by atoms with Crippen molar-refractivity contribution in [3.8, 4) is 0 Å². The number of carbonyl (C=O) groups is 1. The highest BCUT2D eigenvalue weighted by atomic mass is 35.5. The quantitative estimate of drug-likeness (QED) is 0.587. The van der Waals surface area contributed by atoms with Crippen LogP contribution < -0.4 is 5.32 Å². The summed E-state index contributed by atoms with van der Waals surface area (Å²) in [5, 5.41) is 5.79. The number of unbranched alkanes of at least 4 members (excludes halogenated alkanes) is 1. The molecule has 0 aromatic carbocycles. The molecule has 0 aliphatic rings. The standard InChI is InChI=1S/C12H20ClN3OS/c1-14-11(17)8-16(2)6-4-3-5-12-15-10(7-13)9-18-12/h9H,3-8H2,1-2H3,(H,14,17). The summed E-state index contributed by atoms with van der Waals surface area (Å²) in [6.45, 7) is 1.39. The first kappa shape index (κ1) is 15.4. The molecule has 1 aromatic rings. The van der Waals surface area contributed by atoms with Crippen LogP contribution in [0.25, 0.3) is 0 Å². The largest absolute Gasteiger partial charge is 0.358 e. The van der Waals surface area contributed by atoms with Crippen molar-refractivity contribution in [2.75, 3.05) is 27.2 Å². The van der Waals surface area contributed by atoms with Gasteiger partial charge in [0.2, 0.25) is 5.91 Å². The maximum absolute atomic E-state index is 11.1. The number of amides is 1. The number of rotatable bonds is 8. The number of nitrogens with one attached hydrogen (secondary N) is 1. The van der Waals surface area contributed by atoms with Crippen LogP contribution in [-0.2, 0) is 17.1 Å². The SMILES string of the molecule is CNC(=O)CN(C)CCCCc1nc(CCl)cs1. The minimum Gasteiger partial charge on any atom is -0.358 e. The van der Waals surface area contributed by atoms with Gasteiger partial charge in [0, 0.05) is 12.4 Å². The molecule has 102 valence electrons. The molecule has 18 heavy (non-hydrogen) atoms. The zero-order chi connectivity index (χ0) is 13.4. The molecule has 0 aliphatic carbocycles. The van der Waals surface area contributed by atoms with Crippen molar-refractivity contribution in [1.29, 1.82) is 0 Å². The summed E-state index contributed by atoms with van der Waals surface area (Å²) in [7, 11) is 3.62. The Kier molecular flexibility index (Phi) is 7.23. The number of carbonyl (C=O) groups excluding carboxylic acids is 1. The molecule has 0 spiro atoms. The number of aryl methyl sites for hydroxylation is 1. The van der Waals surface area contributed by atoms with Gasteiger partial charge in [-0.15, -0.1) is 22.9 Å². The van der Waals surface area contributed by atoms with E-state index < -0.39 is 0 Å². The molecule has 1 rings (SSSR count). The highest BCUT2D eigenvalue weighted by molar-refractivity contribution is 7.09. The number of halogens is 1. The molecule has 0 fully saturated rings. The van der Waals surface area contributed by atoms with Crippen LogP contribution in [0.15, 0.2) is 5.38 Å². The molecule has 1 amide bonds. The molecular weight excluding hydrogens is 270 g/mol. The van der Waals surface area contributed by atoms with Gasteiger partial charge in [0.1, 0.15) is 0 Å². The molecule has 0 radical (unpaired) electrons. The Morgan fingerprint density at radius 3 is 2.94 bits per heavy atom. The van der Waals surface area contributed by atoms with E-state index in [4.69, 9.17) is 11.6 Å². The molecule has 1 aromatic heterocycles. The predicted molar refractivity (Wildman–Crippen MR) is 76.2 cm³/mol. The number of hydrogen-bond acceptors (Lipinski definition) is 4. The summed E-state index contributed by atoms with van der Waals surface area (Å²) in [6, 6.07) is 0. The molecule has 0 saturated heterocycles. The van der Waals surface area contributed by atoms with E-state index in [1.807, 2.05) is 17.3 Å². The minimum atomic E-state index is 0.0594. The van der Waals surface area contributed by atoms with Gasteiger partial charge in [-0.25, -0.2) is 4.98 Å². The van der Waals surface area contributed by atoms with Crippen LogP contribution in [-0.4, -0.2) is 43.0 Å². The van der Waals surface area contributed by atoms with Crippen LogP contribution in [0.3, 0.4) is 0 Å². The van der Waals surface area contributed by atoms with E-state index in [1.54, 1.807) is 18.4 Å². The number of likely N-dealkylation sites (N-methyl/N-ethyl adjacent to an activating group) is 2. The maximum atomic E-state index is 11.1. The highest BCUT2D eigenvalue weighted by Crippen LogP contribution is 2.14. The number of nitrogens with zero attached hydrogens (tertiary/aromatic N) is 2. The van der Waals surface area contributed by atoms with Gasteiger partial charge < -0.3 is 5.32 Å². The number of thiazole rings is 1. The van der Waals surface area contributed by atoms with Gasteiger partial charge >= 0.3 is 0 Å². The third-order valence-electron chi connectivity index (χ3n) is 2.61. The predicted octanol–water partition coefficient (Wildman–Crippen LogP) is 1.88. The zero-order valence-electron chi connectivity index (χ0n) is 10.9. The second-order valence-electron chi connectivity index (χ2n) is 4.23. The van der Waals surface area contributed by atoms with Crippen LogP contribution in [0.1, 0.15) is 23.5 Å². The smallest absolute Gasteiger partial charge is 0.233 e. The van der Waals surface area contributed by atoms with Gasteiger partial charge in [-0.2, -0.15) is 0 Å². The lowest BCUT2D eigenvalue weighted by molar-refractivity contribution is -0.121. The van der Waals surface area contributed by atoms with Gasteiger partial charge in [-0.1, -0.05) is 0 Å². The van der Waals surface area contributed by atoms with E-state index in [0.29, 0.717) is 12.4 Å². The average molecular weight is 290 g/mol. The summed E-state index contributed by atoms with van der Waals surface area (Å²) >= 11 is 7.38. The van der Waals surface area contributed by atoms with Crippen LogP contribution in [0.2, 0.25) is 0 Å². The van der Waals surface area contributed by atoms with Crippen molar-refractivity contribution < 1.29 is 4.79 Å². The van der Waals surface area contributed by atoms with E-state index in [9.17, 15) is 4.79 Å². The van der Waals surface area contributed by atoms with Gasteiger partial charge in [0.15, 0.2) is 0 Å². The molecule has 1 N–H and O–H groups in total. The van der Waals surface area contributed by atoms with E-state index in [2.05, 4.69) is 10.3 Å². The van der Waals surface area contributed by atoms with Crippen LogP contribution >= 0.6 is 22.9 Å². The van der Waals surface area contributed by atoms with Crippen molar-refractivity contribution in [2.24, 2.45) is 0 Å². The Hall–Kier alpha value is -0.650. The molecule has 4 nitrogen and oxygen atoms in total. The number of hydrogen-bond donors (Lipinski definition) is 1. The highest BCUT2D eigenvalue weighted by Gasteiger charge is 2.05. The fourth-order valence-electron chi connectivity index (χ4n) is 1.59.